The number of guanidine groups is 1. The Kier molecular flexibility index (Phi) is 12.1. The predicted octanol–water partition coefficient (Wildman–Crippen LogP) is 0.524. The number of carbonyl (C=O) groups is 1. The molecule has 0 fully saturated rings. The van der Waals surface area contributed by atoms with E-state index in [1.54, 1.807) is 0 Å². The van der Waals surface area contributed by atoms with Crippen molar-refractivity contribution in [2.24, 2.45) is 10.8 Å². The first-order valence-electron chi connectivity index (χ1n) is 3.95. The standard InChI is InChI=1S/C6H14N4.CH2O3.H2/c1-3-4-5(2)9-10-6(7)8;2-1-4-3;/h3-4H2,1-2H3,(H4,7,8,10);1,3H;1H/b9-5+;;. The van der Waals surface area contributed by atoms with Crippen LogP contribution >= 0.6 is 0 Å². The molecule has 0 aliphatic heterocycles. The number of carbonyl (C=O) groups excluding carboxylic acids is 1. The molecule has 0 atom stereocenters. The van der Waals surface area contributed by atoms with Crippen LogP contribution in [0.5, 0.6) is 0 Å². The summed E-state index contributed by atoms with van der Waals surface area (Å²) in [6.45, 7) is 3.91. The third kappa shape index (κ3) is 16.8. The van der Waals surface area contributed by atoms with Gasteiger partial charge >= 0.3 is 6.47 Å². The highest BCUT2D eigenvalue weighted by molar-refractivity contribution is 5.83. The molecular weight excluding hydrogens is 188 g/mol. The van der Waals surface area contributed by atoms with E-state index >= 15 is 0 Å². The largest absolute Gasteiger partial charge is 0.369 e. The van der Waals surface area contributed by atoms with Crippen molar-refractivity contribution in [2.75, 3.05) is 0 Å². The van der Waals surface area contributed by atoms with Gasteiger partial charge in [-0.1, -0.05) is 13.3 Å². The Balaban J connectivity index is -0.000000249. The molecule has 0 aliphatic rings. The first-order valence-corrected chi connectivity index (χ1v) is 3.95. The van der Waals surface area contributed by atoms with Gasteiger partial charge in [-0.05, 0) is 13.3 Å². The predicted molar refractivity (Wildman–Crippen MR) is 55.0 cm³/mol. The van der Waals surface area contributed by atoms with E-state index in [0.29, 0.717) is 0 Å². The minimum Gasteiger partial charge on any atom is -0.369 e. The monoisotopic (exact) mass is 206 g/mol. The summed E-state index contributed by atoms with van der Waals surface area (Å²) in [4.78, 5) is 11.6. The van der Waals surface area contributed by atoms with Crippen molar-refractivity contribution in [2.45, 2.75) is 26.7 Å². The highest BCUT2D eigenvalue weighted by Gasteiger charge is 1.87. The van der Waals surface area contributed by atoms with E-state index in [2.05, 4.69) is 22.3 Å². The van der Waals surface area contributed by atoms with Gasteiger partial charge < -0.3 is 10.6 Å². The molecule has 0 amide bonds. The molecule has 84 valence electrons. The van der Waals surface area contributed by atoms with E-state index in [-0.39, 0.29) is 13.9 Å². The molecule has 5 N–H and O–H groups in total. The molecule has 0 bridgehead atoms. The molecule has 7 nitrogen and oxygen atoms in total. The van der Waals surface area contributed by atoms with Gasteiger partial charge in [0.15, 0.2) is 0 Å². The van der Waals surface area contributed by atoms with Crippen LogP contribution in [0.25, 0.3) is 0 Å². The molecule has 0 aromatic rings. The molecule has 7 heteroatoms. The van der Waals surface area contributed by atoms with Crippen molar-refractivity contribution in [1.82, 2.24) is 5.43 Å². The first kappa shape index (κ1) is 14.9. The van der Waals surface area contributed by atoms with Crippen molar-refractivity contribution in [3.05, 3.63) is 0 Å². The molecule has 0 rings (SSSR count). The van der Waals surface area contributed by atoms with Gasteiger partial charge in [-0.3, -0.25) is 10.2 Å². The molecule has 0 unspecified atom stereocenters. The summed E-state index contributed by atoms with van der Waals surface area (Å²) < 4.78 is 0. The molecule has 0 saturated heterocycles. The molecule has 0 radical (unpaired) electrons. The molecule has 14 heavy (non-hydrogen) atoms. The van der Waals surface area contributed by atoms with E-state index in [1.165, 1.54) is 0 Å². The number of hydrogen-bond acceptors (Lipinski definition) is 5. The fraction of sp³-hybridized carbons (Fsp3) is 0.571. The average Bonchev–Trinajstić information content (AvgIpc) is 2.16. The molecule has 0 heterocycles. The van der Waals surface area contributed by atoms with Gasteiger partial charge in [-0.15, -0.1) is 0 Å². The lowest BCUT2D eigenvalue weighted by Crippen LogP contribution is -2.26. The summed E-state index contributed by atoms with van der Waals surface area (Å²) in [5.41, 5.74) is 8.35. The van der Waals surface area contributed by atoms with Crippen molar-refractivity contribution in [1.29, 1.82) is 5.41 Å². The summed E-state index contributed by atoms with van der Waals surface area (Å²) in [5, 5.41) is 17.6. The summed E-state index contributed by atoms with van der Waals surface area (Å²) in [7, 11) is 0. The lowest BCUT2D eigenvalue weighted by atomic mass is 10.2. The number of nitrogens with one attached hydrogen (secondary N) is 2. The maximum Gasteiger partial charge on any atom is 0.330 e. The van der Waals surface area contributed by atoms with Gasteiger partial charge in [0.1, 0.15) is 0 Å². The Labute approximate surface area is 83.9 Å². The van der Waals surface area contributed by atoms with Crippen LogP contribution in [0.15, 0.2) is 5.10 Å². The highest BCUT2D eigenvalue weighted by atomic mass is 17.1. The SMILES string of the molecule is CCC/C(C)=N/NC(=N)N.O=COO.[HH]. The number of hydrazone groups is 1. The van der Waals surface area contributed by atoms with Crippen LogP contribution in [0.2, 0.25) is 0 Å². The maximum atomic E-state index is 8.70. The van der Waals surface area contributed by atoms with E-state index in [4.69, 9.17) is 21.2 Å². The molecule has 0 aliphatic carbocycles. The van der Waals surface area contributed by atoms with Crippen molar-refractivity contribution >= 4 is 18.1 Å². The molecule has 0 saturated carbocycles. The number of nitrogens with two attached hydrogens (primary N) is 1. The van der Waals surface area contributed by atoms with Crippen LogP contribution in [0.4, 0.5) is 0 Å². The summed E-state index contributed by atoms with van der Waals surface area (Å²) in [6, 6.07) is 0. The number of hydrogen-bond donors (Lipinski definition) is 4. The zero-order chi connectivity index (χ0) is 11.4. The maximum absolute atomic E-state index is 8.70. The molecular formula is C7H18N4O3. The number of rotatable bonds is 4. The average molecular weight is 206 g/mol. The fourth-order valence-corrected chi connectivity index (χ4v) is 0.573. The van der Waals surface area contributed by atoms with Crippen molar-refractivity contribution < 1.29 is 16.4 Å². The molecule has 0 aromatic heterocycles. The van der Waals surface area contributed by atoms with E-state index in [1.807, 2.05) is 6.92 Å². The molecule has 0 aromatic carbocycles. The zero-order valence-electron chi connectivity index (χ0n) is 8.28. The van der Waals surface area contributed by atoms with Crippen LogP contribution < -0.4 is 11.2 Å². The third-order valence-corrected chi connectivity index (χ3v) is 1.02. The van der Waals surface area contributed by atoms with Crippen LogP contribution in [-0.4, -0.2) is 23.4 Å². The van der Waals surface area contributed by atoms with Gasteiger partial charge in [0.05, 0.1) is 0 Å². The van der Waals surface area contributed by atoms with Crippen LogP contribution in [0, 0.1) is 5.41 Å². The van der Waals surface area contributed by atoms with Crippen molar-refractivity contribution in [3.8, 4) is 0 Å². The van der Waals surface area contributed by atoms with E-state index in [9.17, 15) is 0 Å². The second kappa shape index (κ2) is 11.4. The van der Waals surface area contributed by atoms with Gasteiger partial charge in [0.2, 0.25) is 5.96 Å². The van der Waals surface area contributed by atoms with Gasteiger partial charge in [0, 0.05) is 7.14 Å². The minimum atomic E-state index is -0.115. The number of nitrogens with zero attached hydrogens (tertiary/aromatic N) is 1. The van der Waals surface area contributed by atoms with Gasteiger partial charge in [0.25, 0.3) is 0 Å². The van der Waals surface area contributed by atoms with E-state index in [0.717, 1.165) is 18.6 Å². The Morgan fingerprint density at radius 3 is 2.64 bits per heavy atom. The Bertz CT molecular complexity index is 199. The fourth-order valence-electron chi connectivity index (χ4n) is 0.573. The van der Waals surface area contributed by atoms with Gasteiger partial charge in [-0.2, -0.15) is 5.10 Å². The quantitative estimate of drug-likeness (QED) is 0.176. The Morgan fingerprint density at radius 2 is 2.36 bits per heavy atom. The zero-order valence-corrected chi connectivity index (χ0v) is 8.28. The Morgan fingerprint density at radius 1 is 1.86 bits per heavy atom. The lowest BCUT2D eigenvalue weighted by Gasteiger charge is -1.97. The first-order chi connectivity index (χ1) is 6.58. The van der Waals surface area contributed by atoms with Crippen LogP contribution in [-0.2, 0) is 9.68 Å². The van der Waals surface area contributed by atoms with Crippen LogP contribution in [0.3, 0.4) is 0 Å². The van der Waals surface area contributed by atoms with Gasteiger partial charge in [-0.25, -0.2) is 10.7 Å². The third-order valence-electron chi connectivity index (χ3n) is 1.02. The van der Waals surface area contributed by atoms with Crippen molar-refractivity contribution in [3.63, 3.8) is 0 Å². The topological polar surface area (TPSA) is 121 Å². The lowest BCUT2D eigenvalue weighted by molar-refractivity contribution is -0.217. The Hall–Kier alpha value is -1.63. The van der Waals surface area contributed by atoms with Crippen LogP contribution in [0.1, 0.15) is 28.1 Å². The second-order valence-corrected chi connectivity index (χ2v) is 2.32. The summed E-state index contributed by atoms with van der Waals surface area (Å²) in [6.07, 6.45) is 2.01. The normalized spacial score (nSPS) is 9.50. The van der Waals surface area contributed by atoms with E-state index < -0.39 is 0 Å². The molecule has 0 spiro atoms. The smallest absolute Gasteiger partial charge is 0.330 e. The second-order valence-electron chi connectivity index (χ2n) is 2.32. The summed E-state index contributed by atoms with van der Waals surface area (Å²) >= 11 is 0. The minimum absolute atomic E-state index is 0. The summed E-state index contributed by atoms with van der Waals surface area (Å²) in [5.74, 6) is -0.115. The highest BCUT2D eigenvalue weighted by Crippen LogP contribution is 1.88.